The lowest BCUT2D eigenvalue weighted by Crippen LogP contribution is -2.36. The standard InChI is InChI=1S/C16H27N3O4S2/c1-14-7-8-15(24(20,21)18-10-4-3-9-17)13-16(14)25(22,23)19-11-5-2-6-12-19/h7-8,13,18H,2-6,9-12,17H2,1H3. The number of benzene rings is 1. The molecule has 0 atom stereocenters. The average molecular weight is 390 g/mol. The molecule has 1 heterocycles. The Morgan fingerprint density at radius 3 is 2.40 bits per heavy atom. The molecule has 142 valence electrons. The zero-order chi connectivity index (χ0) is 18.5. The molecule has 3 N–H and O–H groups in total. The fraction of sp³-hybridized carbons (Fsp3) is 0.625. The first-order chi connectivity index (χ1) is 11.8. The van der Waals surface area contributed by atoms with E-state index in [0.29, 0.717) is 31.6 Å². The Morgan fingerprint density at radius 1 is 1.08 bits per heavy atom. The molecule has 0 saturated carbocycles. The topological polar surface area (TPSA) is 110 Å². The second kappa shape index (κ2) is 8.59. The van der Waals surface area contributed by atoms with E-state index in [2.05, 4.69) is 4.72 Å². The first-order valence-electron chi connectivity index (χ1n) is 8.59. The highest BCUT2D eigenvalue weighted by molar-refractivity contribution is 7.90. The second-order valence-electron chi connectivity index (χ2n) is 6.29. The molecule has 0 amide bonds. The number of nitrogens with two attached hydrogens (primary N) is 1. The summed E-state index contributed by atoms with van der Waals surface area (Å²) in [4.78, 5) is 0.0423. The summed E-state index contributed by atoms with van der Waals surface area (Å²) in [6.07, 6.45) is 4.05. The molecule has 2 rings (SSSR count). The van der Waals surface area contributed by atoms with Crippen LogP contribution in [0.15, 0.2) is 28.0 Å². The third kappa shape index (κ3) is 5.01. The summed E-state index contributed by atoms with van der Waals surface area (Å²) in [6.45, 7) is 3.43. The van der Waals surface area contributed by atoms with Gasteiger partial charge in [0.15, 0.2) is 0 Å². The van der Waals surface area contributed by atoms with Crippen LogP contribution in [0, 0.1) is 6.92 Å². The highest BCUT2D eigenvalue weighted by Gasteiger charge is 2.28. The first-order valence-corrected chi connectivity index (χ1v) is 11.5. The van der Waals surface area contributed by atoms with E-state index in [9.17, 15) is 16.8 Å². The lowest BCUT2D eigenvalue weighted by molar-refractivity contribution is 0.346. The molecule has 0 radical (unpaired) electrons. The quantitative estimate of drug-likeness (QED) is 0.649. The van der Waals surface area contributed by atoms with Crippen LogP contribution in [0.25, 0.3) is 0 Å². The van der Waals surface area contributed by atoms with E-state index < -0.39 is 20.0 Å². The van der Waals surface area contributed by atoms with Crippen molar-refractivity contribution in [3.8, 4) is 0 Å². The third-order valence-electron chi connectivity index (χ3n) is 4.33. The molecule has 0 bridgehead atoms. The van der Waals surface area contributed by atoms with Crippen molar-refractivity contribution in [3.63, 3.8) is 0 Å². The minimum atomic E-state index is -3.74. The van der Waals surface area contributed by atoms with Gasteiger partial charge in [0, 0.05) is 19.6 Å². The molecule has 25 heavy (non-hydrogen) atoms. The summed E-state index contributed by atoms with van der Waals surface area (Å²) in [5.41, 5.74) is 5.94. The van der Waals surface area contributed by atoms with Crippen molar-refractivity contribution in [1.29, 1.82) is 0 Å². The van der Waals surface area contributed by atoms with Gasteiger partial charge in [-0.2, -0.15) is 4.31 Å². The van der Waals surface area contributed by atoms with E-state index in [1.165, 1.54) is 16.4 Å². The van der Waals surface area contributed by atoms with Crippen molar-refractivity contribution in [1.82, 2.24) is 9.03 Å². The van der Waals surface area contributed by atoms with Gasteiger partial charge in [0.25, 0.3) is 0 Å². The molecule has 0 aromatic heterocycles. The smallest absolute Gasteiger partial charge is 0.243 e. The maximum Gasteiger partial charge on any atom is 0.243 e. The van der Waals surface area contributed by atoms with Crippen molar-refractivity contribution in [2.75, 3.05) is 26.2 Å². The van der Waals surface area contributed by atoms with Crippen LogP contribution in [0.2, 0.25) is 0 Å². The predicted molar refractivity (Wildman–Crippen MR) is 97.3 cm³/mol. The number of aryl methyl sites for hydroxylation is 1. The van der Waals surface area contributed by atoms with Crippen molar-refractivity contribution in [3.05, 3.63) is 23.8 Å². The molecule has 1 aromatic carbocycles. The summed E-state index contributed by atoms with van der Waals surface area (Å²) >= 11 is 0. The summed E-state index contributed by atoms with van der Waals surface area (Å²) in [6, 6.07) is 4.26. The van der Waals surface area contributed by atoms with Crippen LogP contribution in [0.4, 0.5) is 0 Å². The summed E-state index contributed by atoms with van der Waals surface area (Å²) < 4.78 is 54.5. The number of nitrogens with one attached hydrogen (secondary N) is 1. The minimum Gasteiger partial charge on any atom is -0.330 e. The lowest BCUT2D eigenvalue weighted by atomic mass is 10.2. The molecule has 1 saturated heterocycles. The summed E-state index contributed by atoms with van der Waals surface area (Å²) in [5, 5.41) is 0. The van der Waals surface area contributed by atoms with E-state index in [1.54, 1.807) is 13.0 Å². The van der Waals surface area contributed by atoms with Crippen LogP contribution in [-0.2, 0) is 20.0 Å². The molecule has 7 nitrogen and oxygen atoms in total. The highest BCUT2D eigenvalue weighted by Crippen LogP contribution is 2.25. The van der Waals surface area contributed by atoms with Crippen LogP contribution >= 0.6 is 0 Å². The van der Waals surface area contributed by atoms with Crippen molar-refractivity contribution in [2.45, 2.75) is 48.8 Å². The van der Waals surface area contributed by atoms with Gasteiger partial charge in [0.1, 0.15) is 0 Å². The highest BCUT2D eigenvalue weighted by atomic mass is 32.2. The Balaban J connectivity index is 2.27. The lowest BCUT2D eigenvalue weighted by Gasteiger charge is -2.26. The van der Waals surface area contributed by atoms with Gasteiger partial charge in [-0.25, -0.2) is 21.6 Å². The van der Waals surface area contributed by atoms with Gasteiger partial charge >= 0.3 is 0 Å². The van der Waals surface area contributed by atoms with E-state index in [1.807, 2.05) is 0 Å². The maximum absolute atomic E-state index is 12.9. The number of sulfonamides is 2. The van der Waals surface area contributed by atoms with Crippen LogP contribution in [0.5, 0.6) is 0 Å². The normalized spacial score (nSPS) is 16.9. The van der Waals surface area contributed by atoms with E-state index in [-0.39, 0.29) is 16.3 Å². The molecule has 0 unspecified atom stereocenters. The average Bonchev–Trinajstić information content (AvgIpc) is 2.59. The summed E-state index contributed by atoms with van der Waals surface area (Å²) in [5.74, 6) is 0. The number of hydrogen-bond acceptors (Lipinski definition) is 5. The van der Waals surface area contributed by atoms with Crippen LogP contribution in [0.3, 0.4) is 0 Å². The Bertz CT molecular complexity index is 786. The molecular weight excluding hydrogens is 362 g/mol. The first kappa shape index (κ1) is 20.3. The SMILES string of the molecule is Cc1ccc(S(=O)(=O)NCCCCN)cc1S(=O)(=O)N1CCCCC1. The molecule has 1 aliphatic rings. The van der Waals surface area contributed by atoms with Gasteiger partial charge in [-0.15, -0.1) is 0 Å². The zero-order valence-corrected chi connectivity index (χ0v) is 16.2. The molecule has 1 fully saturated rings. The van der Waals surface area contributed by atoms with Crippen LogP contribution in [0.1, 0.15) is 37.7 Å². The number of unbranched alkanes of at least 4 members (excludes halogenated alkanes) is 1. The molecule has 1 aromatic rings. The molecular formula is C16H27N3O4S2. The van der Waals surface area contributed by atoms with Crippen molar-refractivity contribution in [2.24, 2.45) is 5.73 Å². The largest absolute Gasteiger partial charge is 0.330 e. The molecule has 1 aliphatic heterocycles. The maximum atomic E-state index is 12.9. The van der Waals surface area contributed by atoms with Gasteiger partial charge in [-0.3, -0.25) is 0 Å². The van der Waals surface area contributed by atoms with Gasteiger partial charge in [-0.1, -0.05) is 12.5 Å². The number of hydrogen-bond donors (Lipinski definition) is 2. The zero-order valence-electron chi connectivity index (χ0n) is 14.6. The number of piperidine rings is 1. The van der Waals surface area contributed by atoms with Crippen molar-refractivity contribution >= 4 is 20.0 Å². The Kier molecular flexibility index (Phi) is 6.98. The van der Waals surface area contributed by atoms with Crippen LogP contribution in [-0.4, -0.2) is 47.3 Å². The molecule has 0 spiro atoms. The molecule has 9 heteroatoms. The van der Waals surface area contributed by atoms with Gasteiger partial charge < -0.3 is 5.73 Å². The van der Waals surface area contributed by atoms with E-state index >= 15 is 0 Å². The molecule has 0 aliphatic carbocycles. The summed E-state index contributed by atoms with van der Waals surface area (Å²) in [7, 11) is -7.42. The van der Waals surface area contributed by atoms with Gasteiger partial charge in [0.05, 0.1) is 9.79 Å². The van der Waals surface area contributed by atoms with Crippen molar-refractivity contribution < 1.29 is 16.8 Å². The Labute approximate surface area is 150 Å². The van der Waals surface area contributed by atoms with E-state index in [0.717, 1.165) is 25.7 Å². The Hall–Kier alpha value is -1.00. The van der Waals surface area contributed by atoms with Gasteiger partial charge in [0.2, 0.25) is 20.0 Å². The minimum absolute atomic E-state index is 0.0265. The fourth-order valence-corrected chi connectivity index (χ4v) is 5.77. The fourth-order valence-electron chi connectivity index (χ4n) is 2.83. The predicted octanol–water partition coefficient (Wildman–Crippen LogP) is 1.19. The monoisotopic (exact) mass is 389 g/mol. The van der Waals surface area contributed by atoms with E-state index in [4.69, 9.17) is 5.73 Å². The Morgan fingerprint density at radius 2 is 1.76 bits per heavy atom. The van der Waals surface area contributed by atoms with Crippen LogP contribution < -0.4 is 10.5 Å². The number of rotatable bonds is 8. The van der Waals surface area contributed by atoms with Gasteiger partial charge in [-0.05, 0) is 56.8 Å². The number of nitrogens with zero attached hydrogens (tertiary/aromatic N) is 1. The second-order valence-corrected chi connectivity index (χ2v) is 9.96. The third-order valence-corrected chi connectivity index (χ3v) is 7.83.